The molecule has 1 aliphatic rings. The predicted octanol–water partition coefficient (Wildman–Crippen LogP) is 2.59. The molecule has 1 N–H and O–H groups in total. The summed E-state index contributed by atoms with van der Waals surface area (Å²) in [6.07, 6.45) is 1.97. The van der Waals surface area contributed by atoms with E-state index in [0.29, 0.717) is 11.6 Å². The summed E-state index contributed by atoms with van der Waals surface area (Å²) in [5.41, 5.74) is 1.27. The average molecular weight is 293 g/mol. The molecule has 0 radical (unpaired) electrons. The van der Waals surface area contributed by atoms with E-state index in [4.69, 9.17) is 16.3 Å². The van der Waals surface area contributed by atoms with Gasteiger partial charge in [0, 0.05) is 17.7 Å². The molecule has 0 unspecified atom stereocenters. The quantitative estimate of drug-likeness (QED) is 0.944. The second kappa shape index (κ2) is 5.64. The van der Waals surface area contributed by atoms with E-state index in [1.165, 1.54) is 12.3 Å². The second-order valence-corrected chi connectivity index (χ2v) is 5.03. The van der Waals surface area contributed by atoms with Crippen LogP contribution < -0.4 is 5.32 Å². The average Bonchev–Trinajstić information content (AvgIpc) is 3.10. The van der Waals surface area contributed by atoms with E-state index >= 15 is 0 Å². The van der Waals surface area contributed by atoms with Crippen LogP contribution in [0.5, 0.6) is 0 Å². The van der Waals surface area contributed by atoms with Gasteiger partial charge in [-0.1, -0.05) is 28.9 Å². The molecule has 1 aromatic carbocycles. The standard InChI is InChI=1S/C14H13ClN2O3/c15-10-3-1-9(2-4-10)13-11(5-7-19-13)16-14(18)12-6-8-20-17-12/h1-4,6,8,11,13H,5,7H2,(H,16,18)/t11-,13+/m1/s1. The van der Waals surface area contributed by atoms with Crippen molar-refractivity contribution in [2.45, 2.75) is 18.6 Å². The van der Waals surface area contributed by atoms with Gasteiger partial charge < -0.3 is 14.6 Å². The third-order valence-electron chi connectivity index (χ3n) is 3.28. The molecule has 2 aromatic rings. The molecule has 3 rings (SSSR count). The molecule has 0 spiro atoms. The van der Waals surface area contributed by atoms with Crippen LogP contribution >= 0.6 is 11.6 Å². The van der Waals surface area contributed by atoms with Crippen molar-refractivity contribution in [1.82, 2.24) is 10.5 Å². The number of hydrogen-bond acceptors (Lipinski definition) is 4. The molecule has 1 aliphatic heterocycles. The van der Waals surface area contributed by atoms with E-state index in [1.54, 1.807) is 0 Å². The van der Waals surface area contributed by atoms with Crippen molar-refractivity contribution in [3.05, 3.63) is 52.9 Å². The van der Waals surface area contributed by atoms with Crippen LogP contribution in [0.25, 0.3) is 0 Å². The van der Waals surface area contributed by atoms with Gasteiger partial charge in [0.2, 0.25) is 0 Å². The minimum Gasteiger partial charge on any atom is -0.371 e. The summed E-state index contributed by atoms with van der Waals surface area (Å²) < 4.78 is 10.4. The number of nitrogens with one attached hydrogen (secondary N) is 1. The van der Waals surface area contributed by atoms with E-state index in [9.17, 15) is 4.79 Å². The number of carbonyl (C=O) groups is 1. The Morgan fingerprint density at radius 2 is 2.10 bits per heavy atom. The minimum absolute atomic E-state index is 0.0830. The van der Waals surface area contributed by atoms with Gasteiger partial charge in [-0.15, -0.1) is 0 Å². The third-order valence-corrected chi connectivity index (χ3v) is 3.53. The fourth-order valence-corrected chi connectivity index (χ4v) is 2.42. The van der Waals surface area contributed by atoms with Gasteiger partial charge in [-0.3, -0.25) is 4.79 Å². The zero-order valence-electron chi connectivity index (χ0n) is 10.6. The molecule has 1 amide bonds. The van der Waals surface area contributed by atoms with Crippen LogP contribution in [0.4, 0.5) is 0 Å². The lowest BCUT2D eigenvalue weighted by atomic mass is 10.0. The van der Waals surface area contributed by atoms with Gasteiger partial charge in [0.25, 0.3) is 5.91 Å². The highest BCUT2D eigenvalue weighted by molar-refractivity contribution is 6.30. The molecular weight excluding hydrogens is 280 g/mol. The molecular formula is C14H13ClN2O3. The number of aromatic nitrogens is 1. The van der Waals surface area contributed by atoms with E-state index in [-0.39, 0.29) is 23.7 Å². The summed E-state index contributed by atoms with van der Waals surface area (Å²) in [5, 5.41) is 7.22. The summed E-state index contributed by atoms with van der Waals surface area (Å²) in [5.74, 6) is -0.256. The fourth-order valence-electron chi connectivity index (χ4n) is 2.29. The number of rotatable bonds is 3. The van der Waals surface area contributed by atoms with Gasteiger partial charge in [0.05, 0.1) is 6.04 Å². The Labute approximate surface area is 120 Å². The first kappa shape index (κ1) is 13.1. The molecule has 5 nitrogen and oxygen atoms in total. The highest BCUT2D eigenvalue weighted by Crippen LogP contribution is 2.30. The van der Waals surface area contributed by atoms with Crippen LogP contribution in [0.15, 0.2) is 41.1 Å². The van der Waals surface area contributed by atoms with E-state index in [2.05, 4.69) is 15.0 Å². The predicted molar refractivity (Wildman–Crippen MR) is 72.5 cm³/mol. The maximum Gasteiger partial charge on any atom is 0.273 e. The molecule has 0 bridgehead atoms. The molecule has 20 heavy (non-hydrogen) atoms. The Hall–Kier alpha value is -1.85. The lowest BCUT2D eigenvalue weighted by Crippen LogP contribution is -2.36. The molecule has 104 valence electrons. The topological polar surface area (TPSA) is 64.4 Å². The highest BCUT2D eigenvalue weighted by atomic mass is 35.5. The minimum atomic E-state index is -0.256. The van der Waals surface area contributed by atoms with Crippen LogP contribution in [0, 0.1) is 0 Å². The smallest absolute Gasteiger partial charge is 0.273 e. The summed E-state index contributed by atoms with van der Waals surface area (Å²) in [6.45, 7) is 0.608. The van der Waals surface area contributed by atoms with Crippen molar-refractivity contribution >= 4 is 17.5 Å². The molecule has 0 saturated carbocycles. The van der Waals surface area contributed by atoms with Crippen molar-refractivity contribution in [2.24, 2.45) is 0 Å². The Morgan fingerprint density at radius 1 is 1.30 bits per heavy atom. The number of nitrogens with zero attached hydrogens (tertiary/aromatic N) is 1. The molecule has 2 atom stereocenters. The summed E-state index contributed by atoms with van der Waals surface area (Å²) in [6, 6.07) is 8.90. The van der Waals surface area contributed by atoms with Gasteiger partial charge in [-0.2, -0.15) is 0 Å². The van der Waals surface area contributed by atoms with E-state index in [1.807, 2.05) is 24.3 Å². The molecule has 6 heteroatoms. The van der Waals surface area contributed by atoms with Gasteiger partial charge in [-0.25, -0.2) is 0 Å². The molecule has 0 aliphatic carbocycles. The maximum atomic E-state index is 12.0. The molecule has 1 saturated heterocycles. The highest BCUT2D eigenvalue weighted by Gasteiger charge is 2.31. The first-order valence-corrected chi connectivity index (χ1v) is 6.70. The second-order valence-electron chi connectivity index (χ2n) is 4.60. The number of halogens is 1. The zero-order chi connectivity index (χ0) is 13.9. The largest absolute Gasteiger partial charge is 0.371 e. The Balaban J connectivity index is 1.72. The number of ether oxygens (including phenoxy) is 1. The first-order chi connectivity index (χ1) is 9.74. The number of amides is 1. The monoisotopic (exact) mass is 292 g/mol. The van der Waals surface area contributed by atoms with Crippen molar-refractivity contribution < 1.29 is 14.1 Å². The van der Waals surface area contributed by atoms with Crippen LogP contribution in [0.1, 0.15) is 28.6 Å². The van der Waals surface area contributed by atoms with Gasteiger partial charge in [-0.05, 0) is 24.1 Å². The molecule has 1 aromatic heterocycles. The van der Waals surface area contributed by atoms with E-state index < -0.39 is 0 Å². The lowest BCUT2D eigenvalue weighted by Gasteiger charge is -2.19. The van der Waals surface area contributed by atoms with E-state index in [0.717, 1.165) is 12.0 Å². The molecule has 1 fully saturated rings. The summed E-state index contributed by atoms with van der Waals surface area (Å²) in [4.78, 5) is 12.0. The van der Waals surface area contributed by atoms with Gasteiger partial charge in [0.15, 0.2) is 5.69 Å². The number of benzene rings is 1. The Kier molecular flexibility index (Phi) is 3.71. The first-order valence-electron chi connectivity index (χ1n) is 6.32. The van der Waals surface area contributed by atoms with Gasteiger partial charge >= 0.3 is 0 Å². The third kappa shape index (κ3) is 2.69. The summed E-state index contributed by atoms with van der Waals surface area (Å²) >= 11 is 5.88. The Bertz CT molecular complexity index is 583. The van der Waals surface area contributed by atoms with Crippen LogP contribution in [0.3, 0.4) is 0 Å². The van der Waals surface area contributed by atoms with Crippen molar-refractivity contribution in [2.75, 3.05) is 6.61 Å². The van der Waals surface area contributed by atoms with Crippen molar-refractivity contribution in [3.8, 4) is 0 Å². The fraction of sp³-hybridized carbons (Fsp3) is 0.286. The number of carbonyl (C=O) groups excluding carboxylic acids is 1. The molecule has 2 heterocycles. The van der Waals surface area contributed by atoms with Crippen LogP contribution in [-0.4, -0.2) is 23.7 Å². The maximum absolute atomic E-state index is 12.0. The van der Waals surface area contributed by atoms with Crippen molar-refractivity contribution in [1.29, 1.82) is 0 Å². The SMILES string of the molecule is O=C(N[C@@H]1CCO[C@H]1c1ccc(Cl)cc1)c1ccon1. The van der Waals surface area contributed by atoms with Crippen molar-refractivity contribution in [3.63, 3.8) is 0 Å². The lowest BCUT2D eigenvalue weighted by molar-refractivity contribution is 0.0815. The van der Waals surface area contributed by atoms with Crippen LogP contribution in [-0.2, 0) is 4.74 Å². The van der Waals surface area contributed by atoms with Gasteiger partial charge in [0.1, 0.15) is 12.4 Å². The normalized spacial score (nSPS) is 21.9. The number of hydrogen-bond donors (Lipinski definition) is 1. The zero-order valence-corrected chi connectivity index (χ0v) is 11.3. The Morgan fingerprint density at radius 3 is 2.80 bits per heavy atom. The van der Waals surface area contributed by atoms with Crippen LogP contribution in [0.2, 0.25) is 5.02 Å². The summed E-state index contributed by atoms with van der Waals surface area (Å²) in [7, 11) is 0.